The van der Waals surface area contributed by atoms with Crippen LogP contribution in [0, 0.1) is 17.8 Å². The van der Waals surface area contributed by atoms with Gasteiger partial charge in [-0.15, -0.1) is 6.42 Å². The van der Waals surface area contributed by atoms with E-state index in [2.05, 4.69) is 5.92 Å². The lowest BCUT2D eigenvalue weighted by atomic mass is 9.88. The molecule has 1 aliphatic rings. The Balaban J connectivity index is 2.82. The first-order valence-corrected chi connectivity index (χ1v) is 5.73. The summed E-state index contributed by atoms with van der Waals surface area (Å²) in [5, 5.41) is 0. The first kappa shape index (κ1) is 9.80. The molecule has 0 radical (unpaired) electrons. The molecule has 1 rings (SSSR count). The molecule has 0 spiro atoms. The van der Waals surface area contributed by atoms with E-state index in [0.29, 0.717) is 6.61 Å². The first-order valence-electron chi connectivity index (χ1n) is 3.74. The Bertz CT molecular complexity index is 264. The highest BCUT2D eigenvalue weighted by atomic mass is 31.2. The van der Waals surface area contributed by atoms with Crippen LogP contribution in [0.5, 0.6) is 0 Å². The lowest BCUT2D eigenvalue weighted by molar-refractivity contribution is 0.00766. The van der Waals surface area contributed by atoms with Crippen molar-refractivity contribution in [1.82, 2.24) is 0 Å². The van der Waals surface area contributed by atoms with Gasteiger partial charge in [0, 0.05) is 12.1 Å². The zero-order valence-electron chi connectivity index (χ0n) is 7.53. The summed E-state index contributed by atoms with van der Waals surface area (Å²) in [6, 6.07) is 0. The molecule has 0 saturated carbocycles. The van der Waals surface area contributed by atoms with E-state index in [-0.39, 0.29) is 5.41 Å². The average molecular weight is 188 g/mol. The van der Waals surface area contributed by atoms with E-state index in [0.717, 1.165) is 0 Å². The highest BCUT2D eigenvalue weighted by Crippen LogP contribution is 2.52. The molecular weight excluding hydrogens is 175 g/mol. The molecule has 1 heterocycles. The lowest BCUT2D eigenvalue weighted by Gasteiger charge is -2.37. The van der Waals surface area contributed by atoms with Crippen LogP contribution in [0.25, 0.3) is 0 Å². The molecule has 0 amide bonds. The molecule has 3 nitrogen and oxygen atoms in total. The quantitative estimate of drug-likeness (QED) is 0.430. The Kier molecular flexibility index (Phi) is 2.35. The fourth-order valence-electron chi connectivity index (χ4n) is 0.980. The zero-order valence-corrected chi connectivity index (χ0v) is 8.43. The van der Waals surface area contributed by atoms with Gasteiger partial charge in [0.05, 0.1) is 6.61 Å². The van der Waals surface area contributed by atoms with E-state index in [1.54, 1.807) is 0 Å². The predicted octanol–water partition coefficient (Wildman–Crippen LogP) is 1.88. The van der Waals surface area contributed by atoms with Gasteiger partial charge in [0.1, 0.15) is 6.10 Å². The van der Waals surface area contributed by atoms with Gasteiger partial charge in [0.25, 0.3) is 0 Å². The van der Waals surface area contributed by atoms with Crippen LogP contribution in [0.15, 0.2) is 0 Å². The fourth-order valence-corrected chi connectivity index (χ4v) is 2.34. The minimum atomic E-state index is -2.88. The number of rotatable bonds is 0. The smallest absolute Gasteiger partial charge is 0.308 e. The van der Waals surface area contributed by atoms with Crippen molar-refractivity contribution in [3.05, 3.63) is 0 Å². The molecule has 0 aromatic heterocycles. The van der Waals surface area contributed by atoms with Crippen LogP contribution in [0.3, 0.4) is 0 Å². The van der Waals surface area contributed by atoms with Gasteiger partial charge in [-0.05, 0) is 0 Å². The van der Waals surface area contributed by atoms with Crippen molar-refractivity contribution in [3.63, 3.8) is 0 Å². The van der Waals surface area contributed by atoms with E-state index in [4.69, 9.17) is 15.5 Å². The SMILES string of the molecule is C#CC1OP(C)(=O)OCC1(C)C. The second-order valence-corrected chi connectivity index (χ2v) is 5.70. The molecule has 2 atom stereocenters. The number of hydrogen-bond donors (Lipinski definition) is 0. The molecule has 1 aliphatic heterocycles. The van der Waals surface area contributed by atoms with Crippen molar-refractivity contribution in [2.45, 2.75) is 20.0 Å². The Labute approximate surface area is 73.0 Å². The van der Waals surface area contributed by atoms with Crippen LogP contribution in [-0.4, -0.2) is 19.4 Å². The Morgan fingerprint density at radius 3 is 2.67 bits per heavy atom. The van der Waals surface area contributed by atoms with Gasteiger partial charge >= 0.3 is 7.60 Å². The highest BCUT2D eigenvalue weighted by molar-refractivity contribution is 7.53. The third-order valence-electron chi connectivity index (χ3n) is 1.83. The number of hydrogen-bond acceptors (Lipinski definition) is 3. The molecule has 0 aromatic carbocycles. The zero-order chi connectivity index (χ0) is 9.41. The van der Waals surface area contributed by atoms with Crippen molar-refractivity contribution < 1.29 is 13.6 Å². The Hall–Kier alpha value is -0.290. The second-order valence-electron chi connectivity index (χ2n) is 3.69. The van der Waals surface area contributed by atoms with Gasteiger partial charge in [-0.1, -0.05) is 19.8 Å². The van der Waals surface area contributed by atoms with Crippen molar-refractivity contribution in [2.24, 2.45) is 5.41 Å². The average Bonchev–Trinajstić information content (AvgIpc) is 1.95. The third kappa shape index (κ3) is 1.90. The molecule has 4 heteroatoms. The van der Waals surface area contributed by atoms with E-state index in [9.17, 15) is 4.57 Å². The van der Waals surface area contributed by atoms with E-state index in [1.807, 2.05) is 13.8 Å². The van der Waals surface area contributed by atoms with Crippen LogP contribution in [0.2, 0.25) is 0 Å². The predicted molar refractivity (Wildman–Crippen MR) is 47.0 cm³/mol. The maximum atomic E-state index is 11.4. The van der Waals surface area contributed by atoms with E-state index >= 15 is 0 Å². The summed E-state index contributed by atoms with van der Waals surface area (Å²) in [4.78, 5) is 0. The molecule has 0 aromatic rings. The summed E-state index contributed by atoms with van der Waals surface area (Å²) >= 11 is 0. The minimum absolute atomic E-state index is 0.251. The first-order chi connectivity index (χ1) is 5.37. The molecule has 2 unspecified atom stereocenters. The van der Waals surface area contributed by atoms with Gasteiger partial charge in [0.2, 0.25) is 0 Å². The van der Waals surface area contributed by atoms with Crippen LogP contribution in [-0.2, 0) is 13.6 Å². The molecule has 1 fully saturated rings. The Morgan fingerprint density at radius 2 is 2.25 bits per heavy atom. The van der Waals surface area contributed by atoms with Crippen LogP contribution < -0.4 is 0 Å². The topological polar surface area (TPSA) is 35.5 Å². The van der Waals surface area contributed by atoms with Gasteiger partial charge in [-0.3, -0.25) is 9.09 Å². The monoisotopic (exact) mass is 188 g/mol. The largest absolute Gasteiger partial charge is 0.328 e. The maximum Gasteiger partial charge on any atom is 0.328 e. The van der Waals surface area contributed by atoms with Gasteiger partial charge in [-0.25, -0.2) is 0 Å². The molecule has 1 saturated heterocycles. The highest BCUT2D eigenvalue weighted by Gasteiger charge is 2.40. The summed E-state index contributed by atoms with van der Waals surface area (Å²) in [7, 11) is -2.88. The molecule has 0 bridgehead atoms. The van der Waals surface area contributed by atoms with Crippen LogP contribution >= 0.6 is 7.60 Å². The fraction of sp³-hybridized carbons (Fsp3) is 0.750. The normalized spacial score (nSPS) is 40.3. The van der Waals surface area contributed by atoms with Crippen molar-refractivity contribution >= 4 is 7.60 Å². The molecule has 0 N–H and O–H groups in total. The molecule has 12 heavy (non-hydrogen) atoms. The van der Waals surface area contributed by atoms with Gasteiger partial charge < -0.3 is 4.52 Å². The summed E-state index contributed by atoms with van der Waals surface area (Å²) in [6.45, 7) is 5.68. The van der Waals surface area contributed by atoms with Crippen molar-refractivity contribution in [2.75, 3.05) is 13.3 Å². The summed E-state index contributed by atoms with van der Waals surface area (Å²) < 4.78 is 21.5. The second kappa shape index (κ2) is 2.88. The summed E-state index contributed by atoms with van der Waals surface area (Å²) in [5.41, 5.74) is -0.251. The lowest BCUT2D eigenvalue weighted by Crippen LogP contribution is -2.38. The molecular formula is C8H13O3P. The van der Waals surface area contributed by atoms with E-state index < -0.39 is 13.7 Å². The Morgan fingerprint density at radius 1 is 1.67 bits per heavy atom. The standard InChI is InChI=1S/C8H13O3P/c1-5-7-8(2,3)6-10-12(4,9)11-7/h1,7H,6H2,2-4H3. The van der Waals surface area contributed by atoms with Gasteiger partial charge in [-0.2, -0.15) is 0 Å². The van der Waals surface area contributed by atoms with Gasteiger partial charge in [0.15, 0.2) is 0 Å². The minimum Gasteiger partial charge on any atom is -0.308 e. The van der Waals surface area contributed by atoms with E-state index in [1.165, 1.54) is 6.66 Å². The summed E-state index contributed by atoms with van der Waals surface area (Å²) in [5.74, 6) is 2.48. The third-order valence-corrected chi connectivity index (χ3v) is 3.02. The van der Waals surface area contributed by atoms with Crippen LogP contribution in [0.4, 0.5) is 0 Å². The molecule has 0 aliphatic carbocycles. The van der Waals surface area contributed by atoms with Crippen molar-refractivity contribution in [3.8, 4) is 12.3 Å². The van der Waals surface area contributed by atoms with Crippen molar-refractivity contribution in [1.29, 1.82) is 0 Å². The number of terminal acetylenes is 1. The van der Waals surface area contributed by atoms with Crippen LogP contribution in [0.1, 0.15) is 13.8 Å². The molecule has 68 valence electrons. The maximum absolute atomic E-state index is 11.4. The summed E-state index contributed by atoms with van der Waals surface area (Å²) in [6.07, 6.45) is 4.83.